The second kappa shape index (κ2) is 11.0. The summed E-state index contributed by atoms with van der Waals surface area (Å²) in [5, 5.41) is 6.63. The summed E-state index contributed by atoms with van der Waals surface area (Å²) in [5.74, 6) is 1.16. The van der Waals surface area contributed by atoms with Crippen molar-refractivity contribution in [2.75, 3.05) is 31.8 Å². The molecule has 2 atom stereocenters. The zero-order valence-corrected chi connectivity index (χ0v) is 22.7. The fourth-order valence-corrected chi connectivity index (χ4v) is 6.38. The highest BCUT2D eigenvalue weighted by Crippen LogP contribution is 2.30. The van der Waals surface area contributed by atoms with E-state index in [9.17, 15) is 13.2 Å². The number of fused-ring (bicyclic) bond motifs is 2. The number of methoxy groups -OCH3 is 1. The molecule has 0 aliphatic carbocycles. The van der Waals surface area contributed by atoms with Gasteiger partial charge >= 0.3 is 0 Å². The zero-order chi connectivity index (χ0) is 26.9. The average Bonchev–Trinajstić information content (AvgIpc) is 2.90. The maximum absolute atomic E-state index is 12.7. The number of piperidine rings is 1. The van der Waals surface area contributed by atoms with Crippen LogP contribution in [0.4, 0.5) is 5.82 Å². The smallest absolute Gasteiger partial charge is 0.263 e. The summed E-state index contributed by atoms with van der Waals surface area (Å²) in [5.41, 5.74) is 2.93. The predicted molar refractivity (Wildman–Crippen MR) is 143 cm³/mol. The average molecular weight is 561 g/mol. The van der Waals surface area contributed by atoms with Gasteiger partial charge in [-0.15, -0.1) is 0 Å². The third-order valence-electron chi connectivity index (χ3n) is 6.86. The van der Waals surface area contributed by atoms with E-state index in [4.69, 9.17) is 21.1 Å². The van der Waals surface area contributed by atoms with E-state index >= 15 is 0 Å². The van der Waals surface area contributed by atoms with Crippen LogP contribution in [0.3, 0.4) is 0 Å². The third-order valence-corrected chi connectivity index (χ3v) is 8.49. The number of aryl methyl sites for hydroxylation is 1. The highest BCUT2D eigenvalue weighted by atomic mass is 35.5. The number of carbonyl (C=O) groups excluding carboxylic acids is 1. The molecule has 2 N–H and O–H groups in total. The number of anilines is 1. The van der Waals surface area contributed by atoms with Crippen LogP contribution in [0.25, 0.3) is 11.0 Å². The van der Waals surface area contributed by atoms with E-state index in [1.807, 2.05) is 12.1 Å². The topological polar surface area (TPSA) is 136 Å². The van der Waals surface area contributed by atoms with Gasteiger partial charge in [-0.1, -0.05) is 11.6 Å². The summed E-state index contributed by atoms with van der Waals surface area (Å²) in [6.07, 6.45) is 5.51. The third kappa shape index (κ3) is 5.83. The number of sulfonamides is 1. The van der Waals surface area contributed by atoms with Gasteiger partial charge in [0, 0.05) is 43.0 Å². The van der Waals surface area contributed by atoms with Crippen molar-refractivity contribution in [2.24, 2.45) is 0 Å². The fourth-order valence-electron chi connectivity index (χ4n) is 4.95. The van der Waals surface area contributed by atoms with Crippen LogP contribution < -0.4 is 20.1 Å². The number of aromatic nitrogens is 3. The molecule has 0 saturated carbocycles. The van der Waals surface area contributed by atoms with E-state index in [2.05, 4.69) is 25.6 Å². The molecule has 5 rings (SSSR count). The van der Waals surface area contributed by atoms with Gasteiger partial charge in [0.05, 0.1) is 35.1 Å². The second-order valence-corrected chi connectivity index (χ2v) is 11.8. The minimum atomic E-state index is -3.44. The Morgan fingerprint density at radius 1 is 1.24 bits per heavy atom. The lowest BCUT2D eigenvalue weighted by molar-refractivity contribution is -0.118. The fraction of sp³-hybridized carbons (Fsp3) is 0.440. The van der Waals surface area contributed by atoms with Crippen molar-refractivity contribution >= 4 is 44.4 Å². The number of nitrogens with one attached hydrogen (secondary N) is 2. The van der Waals surface area contributed by atoms with E-state index in [1.54, 1.807) is 29.7 Å². The Kier molecular flexibility index (Phi) is 7.66. The van der Waals surface area contributed by atoms with Crippen molar-refractivity contribution in [1.82, 2.24) is 24.6 Å². The molecule has 3 aromatic rings. The van der Waals surface area contributed by atoms with Crippen LogP contribution in [0.5, 0.6) is 11.6 Å². The largest absolute Gasteiger partial charge is 0.481 e. The van der Waals surface area contributed by atoms with Gasteiger partial charge in [-0.25, -0.2) is 18.4 Å². The number of halogens is 1. The first kappa shape index (κ1) is 26.5. The van der Waals surface area contributed by atoms with E-state index in [0.717, 1.165) is 17.7 Å². The lowest BCUT2D eigenvalue weighted by atomic mass is 9.95. The molecule has 11 nitrogen and oxygen atoms in total. The van der Waals surface area contributed by atoms with E-state index in [1.165, 1.54) is 6.26 Å². The maximum atomic E-state index is 12.7. The standard InChI is InChI=1S/C25H29ClN6O5S/c1-36-23-10-8-20-24(31-23)18(19(26)12-28-20)7-6-17-5-3-16(13-32(17)38(2,34)35)27-11-15-4-9-21-25(29-15)30-22(33)14-37-21/h4,8-10,12,16-17,27H,3,5-7,11,13-14H2,1-2H3,(H,29,30,33)/t16-,17-/m1/s1. The highest BCUT2D eigenvalue weighted by molar-refractivity contribution is 7.88. The molecule has 0 unspecified atom stereocenters. The van der Waals surface area contributed by atoms with Crippen molar-refractivity contribution in [3.63, 3.8) is 0 Å². The lowest BCUT2D eigenvalue weighted by Crippen LogP contribution is -2.52. The number of pyridine rings is 3. The molecule has 1 amide bonds. The second-order valence-electron chi connectivity index (χ2n) is 9.47. The van der Waals surface area contributed by atoms with Gasteiger partial charge in [-0.05, 0) is 43.9 Å². The van der Waals surface area contributed by atoms with Gasteiger partial charge < -0.3 is 20.1 Å². The Morgan fingerprint density at radius 3 is 2.87 bits per heavy atom. The van der Waals surface area contributed by atoms with Crippen LogP contribution in [-0.2, 0) is 27.8 Å². The molecular formula is C25H29ClN6O5S. The number of rotatable bonds is 8. The normalized spacial score (nSPS) is 20.0. The first-order valence-corrected chi connectivity index (χ1v) is 14.5. The molecule has 1 saturated heterocycles. The van der Waals surface area contributed by atoms with Crippen LogP contribution in [0.2, 0.25) is 5.02 Å². The monoisotopic (exact) mass is 560 g/mol. The van der Waals surface area contributed by atoms with E-state index in [-0.39, 0.29) is 24.6 Å². The molecule has 38 heavy (non-hydrogen) atoms. The number of hydrogen-bond donors (Lipinski definition) is 2. The predicted octanol–water partition coefficient (Wildman–Crippen LogP) is 2.53. The maximum Gasteiger partial charge on any atom is 0.263 e. The molecule has 202 valence electrons. The summed E-state index contributed by atoms with van der Waals surface area (Å²) in [6.45, 7) is 0.762. The van der Waals surface area contributed by atoms with E-state index < -0.39 is 10.0 Å². The molecule has 0 spiro atoms. The van der Waals surface area contributed by atoms with Gasteiger partial charge in [0.1, 0.15) is 0 Å². The Morgan fingerprint density at radius 2 is 2.08 bits per heavy atom. The van der Waals surface area contributed by atoms with Gasteiger partial charge in [0.2, 0.25) is 15.9 Å². The highest BCUT2D eigenvalue weighted by Gasteiger charge is 2.34. The summed E-state index contributed by atoms with van der Waals surface area (Å²) >= 11 is 6.50. The minimum absolute atomic E-state index is 0.0227. The molecule has 2 aliphatic heterocycles. The van der Waals surface area contributed by atoms with Crippen LogP contribution in [0, 0.1) is 0 Å². The van der Waals surface area contributed by atoms with Gasteiger partial charge in [0.25, 0.3) is 5.91 Å². The first-order valence-electron chi connectivity index (χ1n) is 12.3. The number of hydrogen-bond acceptors (Lipinski definition) is 9. The summed E-state index contributed by atoms with van der Waals surface area (Å²) < 4.78 is 37.7. The summed E-state index contributed by atoms with van der Waals surface area (Å²) in [4.78, 5) is 24.9. The van der Waals surface area contributed by atoms with Gasteiger partial charge in [-0.3, -0.25) is 9.78 Å². The summed E-state index contributed by atoms with van der Waals surface area (Å²) in [6, 6.07) is 6.98. The molecule has 5 heterocycles. The Labute approximate surface area is 226 Å². The number of carbonyl (C=O) groups is 1. The molecule has 2 aliphatic rings. The van der Waals surface area contributed by atoms with Crippen LogP contribution in [0.1, 0.15) is 30.5 Å². The molecule has 3 aromatic heterocycles. The minimum Gasteiger partial charge on any atom is -0.481 e. The zero-order valence-electron chi connectivity index (χ0n) is 21.1. The summed E-state index contributed by atoms with van der Waals surface area (Å²) in [7, 11) is -1.89. The Balaban J connectivity index is 1.25. The SMILES string of the molecule is COc1ccc2ncc(Cl)c(CC[C@H]3CC[C@@H](NCc4ccc5c(n4)NC(=O)CO5)CN3S(C)(=O)=O)c2n1. The van der Waals surface area contributed by atoms with Crippen LogP contribution in [0.15, 0.2) is 30.5 Å². The molecule has 0 bridgehead atoms. The molecule has 13 heteroatoms. The Hall–Kier alpha value is -3.06. The number of amides is 1. The first-order chi connectivity index (χ1) is 18.2. The quantitative estimate of drug-likeness (QED) is 0.426. The lowest BCUT2D eigenvalue weighted by Gasteiger charge is -2.38. The number of nitrogens with zero attached hydrogens (tertiary/aromatic N) is 4. The van der Waals surface area contributed by atoms with Crippen LogP contribution in [-0.4, -0.2) is 72.2 Å². The van der Waals surface area contributed by atoms with Crippen molar-refractivity contribution in [3.8, 4) is 11.6 Å². The van der Waals surface area contributed by atoms with Crippen molar-refractivity contribution in [3.05, 3.63) is 46.7 Å². The molecule has 0 radical (unpaired) electrons. The van der Waals surface area contributed by atoms with Crippen molar-refractivity contribution in [2.45, 2.75) is 44.3 Å². The molecule has 1 fully saturated rings. The van der Waals surface area contributed by atoms with Gasteiger partial charge in [0.15, 0.2) is 18.2 Å². The van der Waals surface area contributed by atoms with Crippen molar-refractivity contribution < 1.29 is 22.7 Å². The van der Waals surface area contributed by atoms with Gasteiger partial charge in [-0.2, -0.15) is 4.31 Å². The Bertz CT molecular complexity index is 1470. The number of ether oxygens (including phenoxy) is 2. The molecular weight excluding hydrogens is 532 g/mol. The molecule has 0 aromatic carbocycles. The van der Waals surface area contributed by atoms with Crippen LogP contribution >= 0.6 is 11.6 Å². The van der Waals surface area contributed by atoms with E-state index in [0.29, 0.717) is 65.9 Å². The van der Waals surface area contributed by atoms with Crippen molar-refractivity contribution in [1.29, 1.82) is 0 Å².